The van der Waals surface area contributed by atoms with Crippen molar-refractivity contribution in [2.75, 3.05) is 36.4 Å². The van der Waals surface area contributed by atoms with Gasteiger partial charge in [-0.25, -0.2) is 0 Å². The highest BCUT2D eigenvalue weighted by Gasteiger charge is 2.24. The smallest absolute Gasteiger partial charge is 0.289 e. The highest BCUT2D eigenvalue weighted by atomic mass is 79.9. The molecule has 7 nitrogen and oxygen atoms in total. The number of benzene rings is 1. The fourth-order valence-corrected chi connectivity index (χ4v) is 3.26. The van der Waals surface area contributed by atoms with Crippen molar-refractivity contribution in [1.29, 1.82) is 0 Å². The molecule has 0 atom stereocenters. The van der Waals surface area contributed by atoms with Crippen LogP contribution in [-0.4, -0.2) is 47.2 Å². The number of nitrogens with zero attached hydrogens (tertiary/aromatic N) is 4. The first-order valence-corrected chi connectivity index (χ1v) is 9.44. The molecule has 0 unspecified atom stereocenters. The maximum atomic E-state index is 12.4. The van der Waals surface area contributed by atoms with Crippen molar-refractivity contribution >= 4 is 39.2 Å². The van der Waals surface area contributed by atoms with E-state index in [1.165, 1.54) is 0 Å². The van der Waals surface area contributed by atoms with Crippen LogP contribution in [0.5, 0.6) is 0 Å². The molecule has 4 rings (SSSR count). The van der Waals surface area contributed by atoms with E-state index in [0.717, 1.165) is 11.5 Å². The minimum Gasteiger partial charge on any atom is -0.444 e. The summed E-state index contributed by atoms with van der Waals surface area (Å²) in [5, 5.41) is 11.8. The normalized spacial score (nSPS) is 14.3. The molecule has 1 aliphatic rings. The number of amides is 1. The predicted octanol–water partition coefficient (Wildman–Crippen LogP) is 3.54. The van der Waals surface area contributed by atoms with Gasteiger partial charge < -0.3 is 19.5 Å². The lowest BCUT2D eigenvalue weighted by molar-refractivity contribution is 0.0713. The summed E-state index contributed by atoms with van der Waals surface area (Å²) < 4.78 is 5.91. The van der Waals surface area contributed by atoms with E-state index in [1.54, 1.807) is 17.0 Å². The van der Waals surface area contributed by atoms with Gasteiger partial charge in [0.2, 0.25) is 0 Å². The summed E-state index contributed by atoms with van der Waals surface area (Å²) in [6.07, 6.45) is 0. The summed E-state index contributed by atoms with van der Waals surface area (Å²) in [5.41, 5.74) is 0.969. The number of aromatic nitrogens is 2. The molecule has 3 aromatic rings. The first-order valence-electron chi connectivity index (χ1n) is 8.64. The Hall–Kier alpha value is -2.87. The van der Waals surface area contributed by atoms with Crippen molar-refractivity contribution in [3.8, 4) is 0 Å². The minimum atomic E-state index is -0.0890. The Balaban J connectivity index is 1.35. The Kier molecular flexibility index (Phi) is 5.06. The van der Waals surface area contributed by atoms with E-state index in [1.807, 2.05) is 42.5 Å². The predicted molar refractivity (Wildman–Crippen MR) is 106 cm³/mol. The second-order valence-corrected chi connectivity index (χ2v) is 6.93. The summed E-state index contributed by atoms with van der Waals surface area (Å²) in [6.45, 7) is 2.63. The van der Waals surface area contributed by atoms with Crippen LogP contribution in [0.4, 0.5) is 17.3 Å². The van der Waals surface area contributed by atoms with E-state index < -0.39 is 0 Å². The molecule has 1 saturated heterocycles. The van der Waals surface area contributed by atoms with E-state index in [-0.39, 0.29) is 5.91 Å². The summed E-state index contributed by atoms with van der Waals surface area (Å²) in [5.74, 6) is 1.77. The van der Waals surface area contributed by atoms with Gasteiger partial charge in [-0.05, 0) is 52.3 Å². The Morgan fingerprint density at radius 3 is 2.37 bits per heavy atom. The molecule has 1 fully saturated rings. The third kappa shape index (κ3) is 4.11. The number of piperazine rings is 1. The highest BCUT2D eigenvalue weighted by Crippen LogP contribution is 2.19. The summed E-state index contributed by atoms with van der Waals surface area (Å²) in [7, 11) is 0. The van der Waals surface area contributed by atoms with Crippen LogP contribution >= 0.6 is 15.9 Å². The van der Waals surface area contributed by atoms with Gasteiger partial charge in [0.15, 0.2) is 22.1 Å². The molecule has 0 radical (unpaired) electrons. The number of para-hydroxylation sites is 1. The Bertz CT molecular complexity index is 905. The molecule has 1 amide bonds. The zero-order valence-corrected chi connectivity index (χ0v) is 16.1. The maximum absolute atomic E-state index is 12.4. The molecular weight excluding hydrogens is 410 g/mol. The van der Waals surface area contributed by atoms with Gasteiger partial charge in [0.25, 0.3) is 5.91 Å². The highest BCUT2D eigenvalue weighted by molar-refractivity contribution is 9.10. The summed E-state index contributed by atoms with van der Waals surface area (Å²) >= 11 is 3.23. The van der Waals surface area contributed by atoms with Crippen molar-refractivity contribution in [1.82, 2.24) is 15.1 Å². The Labute approximate surface area is 165 Å². The molecule has 138 valence electrons. The first kappa shape index (κ1) is 17.5. The van der Waals surface area contributed by atoms with Crippen molar-refractivity contribution in [3.63, 3.8) is 0 Å². The Morgan fingerprint density at radius 1 is 0.963 bits per heavy atom. The van der Waals surface area contributed by atoms with Gasteiger partial charge in [-0.15, -0.1) is 10.2 Å². The lowest BCUT2D eigenvalue weighted by atomic mass is 10.2. The molecule has 0 bridgehead atoms. The van der Waals surface area contributed by atoms with E-state index in [4.69, 9.17) is 4.42 Å². The second-order valence-electron chi connectivity index (χ2n) is 6.15. The molecule has 2 aromatic heterocycles. The first-order chi connectivity index (χ1) is 13.2. The average Bonchev–Trinajstić information content (AvgIpc) is 3.15. The third-order valence-corrected chi connectivity index (χ3v) is 4.80. The zero-order chi connectivity index (χ0) is 18.6. The van der Waals surface area contributed by atoms with Crippen molar-refractivity contribution in [2.24, 2.45) is 0 Å². The van der Waals surface area contributed by atoms with Crippen LogP contribution in [0.15, 0.2) is 63.7 Å². The van der Waals surface area contributed by atoms with Crippen LogP contribution < -0.4 is 10.2 Å². The molecule has 27 heavy (non-hydrogen) atoms. The SMILES string of the molecule is O=C(c1ccc(Br)o1)N1CCN(c2ccc(Nc3ccccc3)nn2)CC1. The number of carbonyl (C=O) groups excluding carboxylic acids is 1. The number of hydrogen-bond donors (Lipinski definition) is 1. The largest absolute Gasteiger partial charge is 0.444 e. The molecule has 3 heterocycles. The van der Waals surface area contributed by atoms with Gasteiger partial charge >= 0.3 is 0 Å². The van der Waals surface area contributed by atoms with Crippen LogP contribution in [0, 0.1) is 0 Å². The number of furan rings is 1. The van der Waals surface area contributed by atoms with E-state index in [2.05, 4.69) is 36.3 Å². The molecule has 0 aliphatic carbocycles. The van der Waals surface area contributed by atoms with Crippen LogP contribution in [0.25, 0.3) is 0 Å². The fraction of sp³-hybridized carbons (Fsp3) is 0.211. The molecule has 1 aliphatic heterocycles. The standard InChI is InChI=1S/C19H18BrN5O2/c20-16-7-6-15(27-16)19(26)25-12-10-24(11-13-25)18-9-8-17(22-23-18)21-14-4-2-1-3-5-14/h1-9H,10-13H2,(H,21,22). The third-order valence-electron chi connectivity index (χ3n) is 4.37. The van der Waals surface area contributed by atoms with Crippen LogP contribution in [0.1, 0.15) is 10.6 Å². The van der Waals surface area contributed by atoms with Crippen molar-refractivity contribution in [3.05, 3.63) is 65.0 Å². The average molecular weight is 428 g/mol. The number of halogens is 1. The van der Waals surface area contributed by atoms with Crippen molar-refractivity contribution < 1.29 is 9.21 Å². The number of anilines is 3. The molecule has 1 N–H and O–H groups in total. The number of carbonyl (C=O) groups is 1. The lowest BCUT2D eigenvalue weighted by Crippen LogP contribution is -2.49. The van der Waals surface area contributed by atoms with Gasteiger partial charge in [0.1, 0.15) is 0 Å². The van der Waals surface area contributed by atoms with Gasteiger partial charge in [-0.1, -0.05) is 18.2 Å². The second kappa shape index (κ2) is 7.79. The topological polar surface area (TPSA) is 74.5 Å². The van der Waals surface area contributed by atoms with Gasteiger partial charge in [0, 0.05) is 31.9 Å². The number of rotatable bonds is 4. The zero-order valence-electron chi connectivity index (χ0n) is 14.5. The fourth-order valence-electron chi connectivity index (χ4n) is 2.95. The van der Waals surface area contributed by atoms with Gasteiger partial charge in [0.05, 0.1) is 0 Å². The van der Waals surface area contributed by atoms with Crippen molar-refractivity contribution in [2.45, 2.75) is 0 Å². The monoisotopic (exact) mass is 427 g/mol. The molecule has 0 spiro atoms. The van der Waals surface area contributed by atoms with Gasteiger partial charge in [-0.3, -0.25) is 4.79 Å². The minimum absolute atomic E-state index is 0.0890. The molecule has 8 heteroatoms. The molecule has 1 aromatic carbocycles. The molecular formula is C19H18BrN5O2. The van der Waals surface area contributed by atoms with E-state index in [0.29, 0.717) is 42.4 Å². The lowest BCUT2D eigenvalue weighted by Gasteiger charge is -2.34. The maximum Gasteiger partial charge on any atom is 0.289 e. The summed E-state index contributed by atoms with van der Waals surface area (Å²) in [6, 6.07) is 17.1. The quantitative estimate of drug-likeness (QED) is 0.686. The number of nitrogens with one attached hydrogen (secondary N) is 1. The van der Waals surface area contributed by atoms with E-state index in [9.17, 15) is 4.79 Å². The summed E-state index contributed by atoms with van der Waals surface area (Å²) in [4.78, 5) is 16.3. The van der Waals surface area contributed by atoms with E-state index >= 15 is 0 Å². The van der Waals surface area contributed by atoms with Crippen LogP contribution in [0.2, 0.25) is 0 Å². The molecule has 0 saturated carbocycles. The van der Waals surface area contributed by atoms with Gasteiger partial charge in [-0.2, -0.15) is 0 Å². The van der Waals surface area contributed by atoms with Crippen LogP contribution in [-0.2, 0) is 0 Å². The number of hydrogen-bond acceptors (Lipinski definition) is 6. The Morgan fingerprint density at radius 2 is 1.74 bits per heavy atom. The van der Waals surface area contributed by atoms with Crippen LogP contribution in [0.3, 0.4) is 0 Å².